The Labute approximate surface area is 96.8 Å². The van der Waals surface area contributed by atoms with E-state index in [9.17, 15) is 4.79 Å². The van der Waals surface area contributed by atoms with E-state index < -0.39 is 0 Å². The molecule has 0 spiro atoms. The number of carbonyl (C=O) groups is 1. The number of nitrogens with zero attached hydrogens (tertiary/aromatic N) is 1. The molecule has 0 unspecified atom stereocenters. The Bertz CT molecular complexity index is 306. The second kappa shape index (κ2) is 6.33. The van der Waals surface area contributed by atoms with Crippen LogP contribution in [0.4, 0.5) is 0 Å². The lowest BCUT2D eigenvalue weighted by molar-refractivity contribution is -0.122. The fourth-order valence-corrected chi connectivity index (χ4v) is 1.57. The van der Waals surface area contributed by atoms with E-state index in [1.54, 1.807) is 0 Å². The highest BCUT2D eigenvalue weighted by Gasteiger charge is 2.13. The molecule has 0 saturated carbocycles. The first-order valence-electron chi connectivity index (χ1n) is 5.73. The van der Waals surface area contributed by atoms with Gasteiger partial charge in [0.25, 0.3) is 0 Å². The first kappa shape index (κ1) is 12.8. The van der Waals surface area contributed by atoms with Crippen molar-refractivity contribution in [3.63, 3.8) is 0 Å². The van der Waals surface area contributed by atoms with Gasteiger partial charge in [-0.3, -0.25) is 4.79 Å². The van der Waals surface area contributed by atoms with E-state index in [4.69, 9.17) is 5.73 Å². The minimum atomic E-state index is -0.385. The van der Waals surface area contributed by atoms with E-state index in [0.717, 1.165) is 13.0 Å². The van der Waals surface area contributed by atoms with E-state index >= 15 is 0 Å². The molecule has 4 heteroatoms. The average Bonchev–Trinajstić information content (AvgIpc) is 2.69. The molecule has 1 heterocycles. The highest BCUT2D eigenvalue weighted by Crippen LogP contribution is 2.02. The lowest BCUT2D eigenvalue weighted by atomic mass is 10.0. The molecule has 1 rings (SSSR count). The van der Waals surface area contributed by atoms with Crippen LogP contribution in [0, 0.1) is 5.92 Å². The largest absolute Gasteiger partial charge is 0.353 e. The molecule has 1 aromatic heterocycles. The molecule has 0 aliphatic heterocycles. The second-order valence-electron chi connectivity index (χ2n) is 4.45. The van der Waals surface area contributed by atoms with Crippen LogP contribution in [0.5, 0.6) is 0 Å². The molecule has 0 aliphatic rings. The van der Waals surface area contributed by atoms with Gasteiger partial charge in [-0.15, -0.1) is 0 Å². The van der Waals surface area contributed by atoms with E-state index in [1.807, 2.05) is 29.1 Å². The Morgan fingerprint density at radius 1 is 1.38 bits per heavy atom. The van der Waals surface area contributed by atoms with Gasteiger partial charge in [-0.05, 0) is 24.5 Å². The molecule has 3 N–H and O–H groups in total. The van der Waals surface area contributed by atoms with Crippen LogP contribution in [0.1, 0.15) is 20.3 Å². The van der Waals surface area contributed by atoms with Gasteiger partial charge in [-0.25, -0.2) is 0 Å². The number of amides is 1. The number of hydrogen-bond acceptors (Lipinski definition) is 2. The maximum atomic E-state index is 11.6. The topological polar surface area (TPSA) is 60.1 Å². The van der Waals surface area contributed by atoms with Gasteiger partial charge in [0.15, 0.2) is 0 Å². The lowest BCUT2D eigenvalue weighted by Gasteiger charge is -2.14. The van der Waals surface area contributed by atoms with Crippen LogP contribution in [-0.4, -0.2) is 23.1 Å². The molecule has 0 bridgehead atoms. The van der Waals surface area contributed by atoms with Crippen LogP contribution < -0.4 is 11.1 Å². The Kier molecular flexibility index (Phi) is 5.05. The minimum absolute atomic E-state index is 0.0548. The van der Waals surface area contributed by atoms with E-state index in [0.29, 0.717) is 12.5 Å². The molecule has 4 nitrogen and oxygen atoms in total. The maximum Gasteiger partial charge on any atom is 0.236 e. The summed E-state index contributed by atoms with van der Waals surface area (Å²) in [6, 6.07) is 3.54. The fourth-order valence-electron chi connectivity index (χ4n) is 1.57. The predicted molar refractivity (Wildman–Crippen MR) is 64.9 cm³/mol. The van der Waals surface area contributed by atoms with Crippen LogP contribution in [0.3, 0.4) is 0 Å². The summed E-state index contributed by atoms with van der Waals surface area (Å²) in [5, 5.41) is 2.84. The van der Waals surface area contributed by atoms with Crippen LogP contribution >= 0.6 is 0 Å². The van der Waals surface area contributed by atoms with Crippen molar-refractivity contribution < 1.29 is 4.79 Å². The molecule has 0 fully saturated rings. The van der Waals surface area contributed by atoms with Gasteiger partial charge >= 0.3 is 0 Å². The molecule has 16 heavy (non-hydrogen) atoms. The van der Waals surface area contributed by atoms with Gasteiger partial charge in [-0.2, -0.15) is 0 Å². The molecule has 1 amide bonds. The van der Waals surface area contributed by atoms with Gasteiger partial charge in [0, 0.05) is 25.5 Å². The Morgan fingerprint density at radius 2 is 2.00 bits per heavy atom. The summed E-state index contributed by atoms with van der Waals surface area (Å²) < 4.78 is 2.02. The summed E-state index contributed by atoms with van der Waals surface area (Å²) in [6.07, 6.45) is 4.68. The zero-order valence-electron chi connectivity index (χ0n) is 10.0. The van der Waals surface area contributed by atoms with Gasteiger partial charge in [0.05, 0.1) is 6.04 Å². The molecule has 0 aliphatic carbocycles. The smallest absolute Gasteiger partial charge is 0.236 e. The van der Waals surface area contributed by atoms with Crippen molar-refractivity contribution in [3.8, 4) is 0 Å². The van der Waals surface area contributed by atoms with E-state index in [1.165, 1.54) is 0 Å². The normalized spacial score (nSPS) is 12.8. The lowest BCUT2D eigenvalue weighted by Crippen LogP contribution is -2.42. The van der Waals surface area contributed by atoms with Gasteiger partial charge < -0.3 is 15.6 Å². The number of hydrogen-bond donors (Lipinski definition) is 2. The summed E-state index contributed by atoms with van der Waals surface area (Å²) >= 11 is 0. The highest BCUT2D eigenvalue weighted by atomic mass is 16.2. The van der Waals surface area contributed by atoms with Crippen molar-refractivity contribution in [2.24, 2.45) is 11.7 Å². The number of rotatable bonds is 6. The fraction of sp³-hybridized carbons (Fsp3) is 0.583. The minimum Gasteiger partial charge on any atom is -0.353 e. The second-order valence-corrected chi connectivity index (χ2v) is 4.45. The molecular weight excluding hydrogens is 202 g/mol. The third-order valence-corrected chi connectivity index (χ3v) is 2.40. The summed E-state index contributed by atoms with van der Waals surface area (Å²) in [7, 11) is 0. The number of nitrogens with two attached hydrogens (primary N) is 1. The zero-order valence-corrected chi connectivity index (χ0v) is 10.0. The zero-order chi connectivity index (χ0) is 12.0. The van der Waals surface area contributed by atoms with Gasteiger partial charge in [0.2, 0.25) is 5.91 Å². The number of nitrogens with one attached hydrogen (secondary N) is 1. The highest BCUT2D eigenvalue weighted by molar-refractivity contribution is 5.81. The molecular formula is C12H21N3O. The molecule has 0 saturated heterocycles. The average molecular weight is 223 g/mol. The van der Waals surface area contributed by atoms with Crippen LogP contribution in [-0.2, 0) is 11.3 Å². The molecule has 90 valence electrons. The first-order valence-corrected chi connectivity index (χ1v) is 5.73. The van der Waals surface area contributed by atoms with Crippen molar-refractivity contribution in [1.29, 1.82) is 0 Å². The van der Waals surface area contributed by atoms with Crippen molar-refractivity contribution in [2.45, 2.75) is 32.9 Å². The van der Waals surface area contributed by atoms with Gasteiger partial charge in [0.1, 0.15) is 0 Å². The quantitative estimate of drug-likeness (QED) is 0.755. The number of carbonyl (C=O) groups excluding carboxylic acids is 1. The summed E-state index contributed by atoms with van der Waals surface area (Å²) in [5.74, 6) is 0.394. The van der Waals surface area contributed by atoms with Crippen molar-refractivity contribution in [2.75, 3.05) is 6.54 Å². The molecule has 0 aromatic carbocycles. The molecule has 0 radical (unpaired) electrons. The van der Waals surface area contributed by atoms with Crippen LogP contribution in [0.2, 0.25) is 0 Å². The maximum absolute atomic E-state index is 11.6. The van der Waals surface area contributed by atoms with Gasteiger partial charge in [-0.1, -0.05) is 13.8 Å². The van der Waals surface area contributed by atoms with Crippen molar-refractivity contribution in [1.82, 2.24) is 9.88 Å². The van der Waals surface area contributed by atoms with Crippen LogP contribution in [0.25, 0.3) is 0 Å². The summed E-state index contributed by atoms with van der Waals surface area (Å²) in [6.45, 7) is 5.53. The van der Waals surface area contributed by atoms with Crippen molar-refractivity contribution in [3.05, 3.63) is 24.5 Å². The van der Waals surface area contributed by atoms with E-state index in [2.05, 4.69) is 19.2 Å². The standard InChI is InChI=1S/C12H21N3O/c1-10(2)9-11(13)12(16)14-5-8-15-6-3-4-7-15/h3-4,6-7,10-11H,5,8-9,13H2,1-2H3,(H,14,16)/t11-/m1/s1. The first-order chi connectivity index (χ1) is 7.59. The summed E-state index contributed by atoms with van der Waals surface area (Å²) in [4.78, 5) is 11.6. The Balaban J connectivity index is 2.19. The predicted octanol–water partition coefficient (Wildman–Crippen LogP) is 0.978. The monoisotopic (exact) mass is 223 g/mol. The Hall–Kier alpha value is -1.29. The van der Waals surface area contributed by atoms with E-state index in [-0.39, 0.29) is 11.9 Å². The number of aromatic nitrogens is 1. The van der Waals surface area contributed by atoms with Crippen molar-refractivity contribution >= 4 is 5.91 Å². The summed E-state index contributed by atoms with van der Waals surface area (Å²) in [5.41, 5.74) is 5.76. The Morgan fingerprint density at radius 3 is 2.56 bits per heavy atom. The molecule has 1 atom stereocenters. The SMILES string of the molecule is CC(C)C[C@@H](N)C(=O)NCCn1cccc1. The molecule has 1 aromatic rings. The third-order valence-electron chi connectivity index (χ3n) is 2.40. The third kappa shape index (κ3) is 4.49. The van der Waals surface area contributed by atoms with Crippen LogP contribution in [0.15, 0.2) is 24.5 Å².